The van der Waals surface area contributed by atoms with E-state index in [4.69, 9.17) is 9.15 Å². The van der Waals surface area contributed by atoms with E-state index in [1.807, 2.05) is 13.8 Å². The number of hydrogen-bond acceptors (Lipinski definition) is 5. The van der Waals surface area contributed by atoms with Crippen LogP contribution in [0.5, 0.6) is 0 Å². The fourth-order valence-corrected chi connectivity index (χ4v) is 2.12. The first-order valence-corrected chi connectivity index (χ1v) is 5.81. The van der Waals surface area contributed by atoms with E-state index in [0.29, 0.717) is 0 Å². The third-order valence-electron chi connectivity index (χ3n) is 3.00. The Hall–Kier alpha value is -1.62. The predicted octanol–water partition coefficient (Wildman–Crippen LogP) is 1.68. The third-order valence-corrected chi connectivity index (χ3v) is 3.00. The minimum Gasteiger partial charge on any atom is -0.458 e. The van der Waals surface area contributed by atoms with Crippen molar-refractivity contribution in [3.05, 3.63) is 17.7 Å². The predicted molar refractivity (Wildman–Crippen MR) is 64.3 cm³/mol. The van der Waals surface area contributed by atoms with Gasteiger partial charge in [-0.2, -0.15) is 0 Å². The molecule has 0 amide bonds. The van der Waals surface area contributed by atoms with Crippen LogP contribution in [0.2, 0.25) is 0 Å². The Morgan fingerprint density at radius 1 is 1.18 bits per heavy atom. The largest absolute Gasteiger partial charge is 0.458 e. The van der Waals surface area contributed by atoms with Gasteiger partial charge in [-0.1, -0.05) is 0 Å². The maximum atomic E-state index is 5.58. The van der Waals surface area contributed by atoms with Crippen molar-refractivity contribution in [1.82, 2.24) is 9.97 Å². The second kappa shape index (κ2) is 4.00. The van der Waals surface area contributed by atoms with Gasteiger partial charge in [-0.25, -0.2) is 9.97 Å². The fraction of sp³-hybridized carbons (Fsp3) is 0.500. The highest BCUT2D eigenvalue weighted by atomic mass is 16.5. The van der Waals surface area contributed by atoms with Gasteiger partial charge in [0.1, 0.15) is 11.3 Å². The molecule has 90 valence electrons. The van der Waals surface area contributed by atoms with Crippen molar-refractivity contribution >= 4 is 16.9 Å². The van der Waals surface area contributed by atoms with E-state index in [-0.39, 0.29) is 0 Å². The molecule has 0 radical (unpaired) electrons. The smallest absolute Gasteiger partial charge is 0.195 e. The van der Waals surface area contributed by atoms with Crippen LogP contribution in [0, 0.1) is 13.8 Å². The van der Waals surface area contributed by atoms with Crippen LogP contribution >= 0.6 is 0 Å². The number of anilines is 1. The summed E-state index contributed by atoms with van der Waals surface area (Å²) < 4.78 is 10.9. The molecule has 5 nitrogen and oxygen atoms in total. The molecular formula is C12H15N3O2. The summed E-state index contributed by atoms with van der Waals surface area (Å²) in [5, 5.41) is 0. The lowest BCUT2D eigenvalue weighted by atomic mass is 10.3. The lowest BCUT2D eigenvalue weighted by Crippen LogP contribution is -2.37. The van der Waals surface area contributed by atoms with Crippen LogP contribution in [0.25, 0.3) is 11.1 Å². The molecule has 1 saturated heterocycles. The summed E-state index contributed by atoms with van der Waals surface area (Å²) in [5.41, 5.74) is 2.76. The fourth-order valence-electron chi connectivity index (χ4n) is 2.12. The van der Waals surface area contributed by atoms with Crippen LogP contribution in [0.15, 0.2) is 10.7 Å². The van der Waals surface area contributed by atoms with Crippen molar-refractivity contribution in [3.8, 4) is 0 Å². The van der Waals surface area contributed by atoms with Gasteiger partial charge in [0.05, 0.1) is 19.5 Å². The molecule has 0 saturated carbocycles. The SMILES string of the molecule is Cc1nc(N2CCOCC2)c2occ(C)c2n1. The second-order valence-corrected chi connectivity index (χ2v) is 4.29. The number of morpholine rings is 1. The van der Waals surface area contributed by atoms with Gasteiger partial charge >= 0.3 is 0 Å². The summed E-state index contributed by atoms with van der Waals surface area (Å²) in [7, 11) is 0. The van der Waals surface area contributed by atoms with Crippen LogP contribution in [0.1, 0.15) is 11.4 Å². The van der Waals surface area contributed by atoms with Crippen molar-refractivity contribution in [2.24, 2.45) is 0 Å². The summed E-state index contributed by atoms with van der Waals surface area (Å²) in [5.74, 6) is 1.67. The van der Waals surface area contributed by atoms with Gasteiger partial charge in [0, 0.05) is 18.7 Å². The highest BCUT2D eigenvalue weighted by Gasteiger charge is 2.19. The molecule has 1 fully saturated rings. The van der Waals surface area contributed by atoms with Gasteiger partial charge in [-0.3, -0.25) is 0 Å². The maximum absolute atomic E-state index is 5.58. The Morgan fingerprint density at radius 3 is 2.71 bits per heavy atom. The third kappa shape index (κ3) is 1.76. The molecule has 2 aromatic heterocycles. The number of ether oxygens (including phenoxy) is 1. The summed E-state index contributed by atoms with van der Waals surface area (Å²) in [6.07, 6.45) is 1.74. The maximum Gasteiger partial charge on any atom is 0.195 e. The Kier molecular flexibility index (Phi) is 2.48. The van der Waals surface area contributed by atoms with Crippen LogP contribution in [0.3, 0.4) is 0 Å². The van der Waals surface area contributed by atoms with Crippen molar-refractivity contribution in [2.75, 3.05) is 31.2 Å². The zero-order valence-corrected chi connectivity index (χ0v) is 10.1. The Balaban J connectivity index is 2.13. The van der Waals surface area contributed by atoms with Crippen LogP contribution in [-0.4, -0.2) is 36.3 Å². The second-order valence-electron chi connectivity index (χ2n) is 4.29. The molecule has 17 heavy (non-hydrogen) atoms. The zero-order chi connectivity index (χ0) is 11.8. The molecular weight excluding hydrogens is 218 g/mol. The molecule has 5 heteroatoms. The number of fused-ring (bicyclic) bond motifs is 1. The molecule has 1 aliphatic rings. The van der Waals surface area contributed by atoms with Gasteiger partial charge in [0.2, 0.25) is 0 Å². The average molecular weight is 233 g/mol. The van der Waals surface area contributed by atoms with Gasteiger partial charge in [-0.05, 0) is 13.8 Å². The summed E-state index contributed by atoms with van der Waals surface area (Å²) in [6.45, 7) is 7.10. The Morgan fingerprint density at radius 2 is 1.94 bits per heavy atom. The minimum atomic E-state index is 0.740. The van der Waals surface area contributed by atoms with Gasteiger partial charge in [0.15, 0.2) is 11.4 Å². The highest BCUT2D eigenvalue weighted by Crippen LogP contribution is 2.27. The van der Waals surface area contributed by atoms with E-state index < -0.39 is 0 Å². The number of aromatic nitrogens is 2. The van der Waals surface area contributed by atoms with Gasteiger partial charge < -0.3 is 14.1 Å². The first-order valence-electron chi connectivity index (χ1n) is 5.81. The van der Waals surface area contributed by atoms with Gasteiger partial charge in [-0.15, -0.1) is 0 Å². The average Bonchev–Trinajstić information content (AvgIpc) is 2.72. The normalized spacial score (nSPS) is 16.7. The number of nitrogens with zero attached hydrogens (tertiary/aromatic N) is 3. The topological polar surface area (TPSA) is 51.4 Å². The molecule has 0 spiro atoms. The monoisotopic (exact) mass is 233 g/mol. The first kappa shape index (κ1) is 10.5. The lowest BCUT2D eigenvalue weighted by Gasteiger charge is -2.27. The van der Waals surface area contributed by atoms with Crippen LogP contribution < -0.4 is 4.90 Å². The Labute approximate surface area is 99.4 Å². The summed E-state index contributed by atoms with van der Waals surface area (Å²) in [4.78, 5) is 11.1. The van der Waals surface area contributed by atoms with Crippen molar-refractivity contribution in [2.45, 2.75) is 13.8 Å². The van der Waals surface area contributed by atoms with Crippen molar-refractivity contribution in [1.29, 1.82) is 0 Å². The molecule has 0 unspecified atom stereocenters. The molecule has 0 N–H and O–H groups in total. The van der Waals surface area contributed by atoms with Crippen LogP contribution in [0.4, 0.5) is 5.82 Å². The molecule has 0 bridgehead atoms. The quantitative estimate of drug-likeness (QED) is 0.750. The number of rotatable bonds is 1. The molecule has 0 atom stereocenters. The summed E-state index contributed by atoms with van der Waals surface area (Å²) >= 11 is 0. The molecule has 3 rings (SSSR count). The van der Waals surface area contributed by atoms with E-state index in [1.165, 1.54) is 0 Å². The molecule has 1 aliphatic heterocycles. The summed E-state index contributed by atoms with van der Waals surface area (Å²) in [6, 6.07) is 0. The van der Waals surface area contributed by atoms with Crippen molar-refractivity contribution in [3.63, 3.8) is 0 Å². The van der Waals surface area contributed by atoms with E-state index >= 15 is 0 Å². The number of hydrogen-bond donors (Lipinski definition) is 0. The molecule has 0 aromatic carbocycles. The number of aryl methyl sites for hydroxylation is 2. The van der Waals surface area contributed by atoms with Crippen LogP contribution in [-0.2, 0) is 4.74 Å². The molecule has 2 aromatic rings. The van der Waals surface area contributed by atoms with E-state index in [1.54, 1.807) is 6.26 Å². The van der Waals surface area contributed by atoms with Gasteiger partial charge in [0.25, 0.3) is 0 Å². The van der Waals surface area contributed by atoms with Crippen molar-refractivity contribution < 1.29 is 9.15 Å². The standard InChI is InChI=1S/C12H15N3O2/c1-8-7-17-11-10(8)13-9(2)14-12(11)15-3-5-16-6-4-15/h7H,3-6H2,1-2H3. The number of furan rings is 1. The molecule has 0 aliphatic carbocycles. The first-order chi connectivity index (χ1) is 8.25. The highest BCUT2D eigenvalue weighted by molar-refractivity contribution is 5.86. The van der Waals surface area contributed by atoms with E-state index in [9.17, 15) is 0 Å². The molecule has 3 heterocycles. The van der Waals surface area contributed by atoms with E-state index in [2.05, 4.69) is 14.9 Å². The Bertz CT molecular complexity index is 544. The zero-order valence-electron chi connectivity index (χ0n) is 10.1. The lowest BCUT2D eigenvalue weighted by molar-refractivity contribution is 0.122. The minimum absolute atomic E-state index is 0.740. The van der Waals surface area contributed by atoms with E-state index in [0.717, 1.165) is 54.6 Å².